The van der Waals surface area contributed by atoms with E-state index in [2.05, 4.69) is 5.32 Å². The Labute approximate surface area is 148 Å². The standard InChI is InChI=1S/C18H21N3O3S/c1-20(2)25(23,24)16-10-8-15(9-11-16)19-18(22)21-13-12-17(21)14-6-4-3-5-7-14/h3-11,17H,12-13H2,1-2H3,(H,19,22)/t17-/m1/s1. The lowest BCUT2D eigenvalue weighted by atomic mass is 9.95. The van der Waals surface area contributed by atoms with E-state index in [0.717, 1.165) is 16.3 Å². The average molecular weight is 359 g/mol. The molecule has 0 spiro atoms. The molecule has 1 atom stereocenters. The van der Waals surface area contributed by atoms with Crippen LogP contribution in [0.5, 0.6) is 0 Å². The fourth-order valence-electron chi connectivity index (χ4n) is 2.77. The fraction of sp³-hybridized carbons (Fsp3) is 0.278. The van der Waals surface area contributed by atoms with Crippen LogP contribution in [0.3, 0.4) is 0 Å². The van der Waals surface area contributed by atoms with E-state index in [9.17, 15) is 13.2 Å². The van der Waals surface area contributed by atoms with Gasteiger partial charge in [-0.25, -0.2) is 17.5 Å². The molecular formula is C18H21N3O3S. The van der Waals surface area contributed by atoms with Crippen LogP contribution in [-0.2, 0) is 10.0 Å². The van der Waals surface area contributed by atoms with Crippen LogP contribution in [0.4, 0.5) is 10.5 Å². The zero-order valence-corrected chi connectivity index (χ0v) is 15.0. The third-order valence-electron chi connectivity index (χ3n) is 4.35. The van der Waals surface area contributed by atoms with E-state index in [1.165, 1.54) is 26.2 Å². The van der Waals surface area contributed by atoms with Gasteiger partial charge in [-0.2, -0.15) is 0 Å². The molecule has 2 aromatic rings. The Kier molecular flexibility index (Phi) is 4.78. The van der Waals surface area contributed by atoms with Crippen LogP contribution in [0.2, 0.25) is 0 Å². The summed E-state index contributed by atoms with van der Waals surface area (Å²) in [5, 5.41) is 2.83. The minimum atomic E-state index is -3.47. The molecular weight excluding hydrogens is 338 g/mol. The number of carbonyl (C=O) groups excluding carboxylic acids is 1. The molecule has 132 valence electrons. The predicted molar refractivity (Wildman–Crippen MR) is 96.8 cm³/mol. The highest BCUT2D eigenvalue weighted by Crippen LogP contribution is 2.33. The van der Waals surface area contributed by atoms with Gasteiger partial charge in [0.1, 0.15) is 0 Å². The van der Waals surface area contributed by atoms with Gasteiger partial charge in [0, 0.05) is 26.3 Å². The van der Waals surface area contributed by atoms with Gasteiger partial charge in [-0.1, -0.05) is 30.3 Å². The van der Waals surface area contributed by atoms with E-state index in [0.29, 0.717) is 12.2 Å². The van der Waals surface area contributed by atoms with E-state index in [1.807, 2.05) is 30.3 Å². The minimum absolute atomic E-state index is 0.0922. The van der Waals surface area contributed by atoms with Crippen LogP contribution in [0.25, 0.3) is 0 Å². The van der Waals surface area contributed by atoms with Crippen molar-refractivity contribution in [2.24, 2.45) is 0 Å². The summed E-state index contributed by atoms with van der Waals surface area (Å²) in [5.74, 6) is 0. The Balaban J connectivity index is 1.68. The first kappa shape index (κ1) is 17.4. The number of hydrogen-bond acceptors (Lipinski definition) is 3. The largest absolute Gasteiger partial charge is 0.322 e. The van der Waals surface area contributed by atoms with Crippen molar-refractivity contribution in [3.05, 3.63) is 60.2 Å². The molecule has 7 heteroatoms. The highest BCUT2D eigenvalue weighted by Gasteiger charge is 2.33. The van der Waals surface area contributed by atoms with Gasteiger partial charge in [0.15, 0.2) is 0 Å². The van der Waals surface area contributed by atoms with E-state index >= 15 is 0 Å². The van der Waals surface area contributed by atoms with Crippen molar-refractivity contribution >= 4 is 21.7 Å². The number of nitrogens with one attached hydrogen (secondary N) is 1. The van der Waals surface area contributed by atoms with Crippen molar-refractivity contribution < 1.29 is 13.2 Å². The number of nitrogens with zero attached hydrogens (tertiary/aromatic N) is 2. The van der Waals surface area contributed by atoms with Crippen molar-refractivity contribution in [2.75, 3.05) is 26.0 Å². The molecule has 0 unspecified atom stereocenters. The highest BCUT2D eigenvalue weighted by atomic mass is 32.2. The molecule has 0 aromatic heterocycles. The molecule has 0 aliphatic carbocycles. The molecule has 1 N–H and O–H groups in total. The van der Waals surface area contributed by atoms with Gasteiger partial charge in [0.25, 0.3) is 0 Å². The Bertz CT molecular complexity index is 849. The summed E-state index contributed by atoms with van der Waals surface area (Å²) in [7, 11) is -0.497. The van der Waals surface area contributed by atoms with Gasteiger partial charge in [0.2, 0.25) is 10.0 Å². The molecule has 2 amide bonds. The number of anilines is 1. The van der Waals surface area contributed by atoms with Crippen LogP contribution < -0.4 is 5.32 Å². The first-order valence-corrected chi connectivity index (χ1v) is 9.49. The topological polar surface area (TPSA) is 69.7 Å². The van der Waals surface area contributed by atoms with Crippen LogP contribution in [0, 0.1) is 0 Å². The predicted octanol–water partition coefficient (Wildman–Crippen LogP) is 2.92. The monoisotopic (exact) mass is 359 g/mol. The number of rotatable bonds is 4. The molecule has 0 radical (unpaired) electrons. The van der Waals surface area contributed by atoms with Crippen LogP contribution in [-0.4, -0.2) is 44.3 Å². The van der Waals surface area contributed by atoms with Gasteiger partial charge in [-0.15, -0.1) is 0 Å². The third-order valence-corrected chi connectivity index (χ3v) is 6.18. The van der Waals surface area contributed by atoms with Gasteiger partial charge >= 0.3 is 6.03 Å². The molecule has 1 aliphatic heterocycles. The smallest absolute Gasteiger partial charge is 0.317 e. The number of sulfonamides is 1. The average Bonchev–Trinajstić information content (AvgIpc) is 2.55. The molecule has 3 rings (SSSR count). The zero-order chi connectivity index (χ0) is 18.0. The molecule has 1 fully saturated rings. The van der Waals surface area contributed by atoms with E-state index < -0.39 is 10.0 Å². The Morgan fingerprint density at radius 3 is 2.24 bits per heavy atom. The number of likely N-dealkylation sites (tertiary alicyclic amines) is 1. The molecule has 6 nitrogen and oxygen atoms in total. The number of hydrogen-bond donors (Lipinski definition) is 1. The highest BCUT2D eigenvalue weighted by molar-refractivity contribution is 7.89. The first-order valence-electron chi connectivity index (χ1n) is 8.05. The van der Waals surface area contributed by atoms with Crippen LogP contribution in [0.1, 0.15) is 18.0 Å². The number of amides is 2. The maximum Gasteiger partial charge on any atom is 0.322 e. The second-order valence-corrected chi connectivity index (χ2v) is 8.30. The SMILES string of the molecule is CN(C)S(=O)(=O)c1ccc(NC(=O)N2CC[C@@H]2c2ccccc2)cc1. The lowest BCUT2D eigenvalue weighted by Gasteiger charge is -2.41. The summed E-state index contributed by atoms with van der Waals surface area (Å²) in [6.45, 7) is 0.707. The maximum atomic E-state index is 12.5. The number of urea groups is 1. The quantitative estimate of drug-likeness (QED) is 0.912. The van der Waals surface area contributed by atoms with E-state index in [4.69, 9.17) is 0 Å². The summed E-state index contributed by atoms with van der Waals surface area (Å²) in [6, 6.07) is 16.0. The van der Waals surface area contributed by atoms with Crippen molar-refractivity contribution in [3.8, 4) is 0 Å². The fourth-order valence-corrected chi connectivity index (χ4v) is 3.67. The van der Waals surface area contributed by atoms with Crippen molar-refractivity contribution in [2.45, 2.75) is 17.4 Å². The second-order valence-electron chi connectivity index (χ2n) is 6.15. The Hall–Kier alpha value is -2.38. The molecule has 1 aliphatic rings. The lowest BCUT2D eigenvalue weighted by molar-refractivity contribution is 0.126. The van der Waals surface area contributed by atoms with Gasteiger partial charge < -0.3 is 10.2 Å². The number of carbonyl (C=O) groups is 1. The molecule has 2 aromatic carbocycles. The summed E-state index contributed by atoms with van der Waals surface area (Å²) in [6.07, 6.45) is 0.942. The summed E-state index contributed by atoms with van der Waals surface area (Å²) < 4.78 is 25.3. The zero-order valence-electron chi connectivity index (χ0n) is 14.2. The van der Waals surface area contributed by atoms with Crippen molar-refractivity contribution in [3.63, 3.8) is 0 Å². The molecule has 1 saturated heterocycles. The third kappa shape index (κ3) is 3.52. The summed E-state index contributed by atoms with van der Waals surface area (Å²) in [5.41, 5.74) is 1.69. The normalized spacial score (nSPS) is 17.2. The summed E-state index contributed by atoms with van der Waals surface area (Å²) >= 11 is 0. The van der Waals surface area contributed by atoms with Gasteiger partial charge in [-0.05, 0) is 36.2 Å². The minimum Gasteiger partial charge on any atom is -0.317 e. The Morgan fingerprint density at radius 2 is 1.72 bits per heavy atom. The van der Waals surface area contributed by atoms with Gasteiger partial charge in [-0.3, -0.25) is 0 Å². The lowest BCUT2D eigenvalue weighted by Crippen LogP contribution is -2.47. The molecule has 0 bridgehead atoms. The molecule has 25 heavy (non-hydrogen) atoms. The van der Waals surface area contributed by atoms with Crippen LogP contribution >= 0.6 is 0 Å². The maximum absolute atomic E-state index is 12.5. The molecule has 0 saturated carbocycles. The van der Waals surface area contributed by atoms with E-state index in [-0.39, 0.29) is 17.0 Å². The second kappa shape index (κ2) is 6.85. The van der Waals surface area contributed by atoms with Crippen LogP contribution in [0.15, 0.2) is 59.5 Å². The summed E-state index contributed by atoms with van der Waals surface area (Å²) in [4.78, 5) is 14.4. The van der Waals surface area contributed by atoms with Crippen molar-refractivity contribution in [1.29, 1.82) is 0 Å². The Morgan fingerprint density at radius 1 is 1.08 bits per heavy atom. The molecule has 1 heterocycles. The van der Waals surface area contributed by atoms with Gasteiger partial charge in [0.05, 0.1) is 10.9 Å². The van der Waals surface area contributed by atoms with Crippen molar-refractivity contribution in [1.82, 2.24) is 9.21 Å². The van der Waals surface area contributed by atoms with E-state index in [1.54, 1.807) is 17.0 Å². The number of benzene rings is 2. The first-order chi connectivity index (χ1) is 11.9.